The lowest BCUT2D eigenvalue weighted by Crippen LogP contribution is -2.25. The minimum atomic E-state index is -0.634. The lowest BCUT2D eigenvalue weighted by molar-refractivity contribution is -0.135. The van der Waals surface area contributed by atoms with Crippen molar-refractivity contribution in [2.24, 2.45) is 4.99 Å². The van der Waals surface area contributed by atoms with Gasteiger partial charge in [-0.25, -0.2) is 9.79 Å². The fourth-order valence-corrected chi connectivity index (χ4v) is 3.80. The molecule has 0 saturated heterocycles. The number of hydrogen-bond donors (Lipinski definition) is 0. The van der Waals surface area contributed by atoms with E-state index in [0.717, 1.165) is 28.1 Å². The lowest BCUT2D eigenvalue weighted by Gasteiger charge is -2.22. The van der Waals surface area contributed by atoms with Crippen molar-refractivity contribution in [3.05, 3.63) is 95.6 Å². The zero-order valence-corrected chi connectivity index (χ0v) is 18.3. The van der Waals surface area contributed by atoms with E-state index in [1.165, 1.54) is 0 Å². The van der Waals surface area contributed by atoms with Crippen molar-refractivity contribution in [1.82, 2.24) is 0 Å². The van der Waals surface area contributed by atoms with E-state index in [-0.39, 0.29) is 11.9 Å². The molecule has 1 aliphatic heterocycles. The number of rotatable bonds is 6. The largest absolute Gasteiger partial charge is 0.406 e. The summed E-state index contributed by atoms with van der Waals surface area (Å²) in [7, 11) is 8.04. The molecule has 1 unspecified atom stereocenters. The Bertz CT molecular complexity index is 1020. The Morgan fingerprint density at radius 3 is 1.68 bits per heavy atom. The number of nitrogens with zero attached hydrogens (tertiary/aromatic N) is 3. The first-order chi connectivity index (χ1) is 14.9. The highest BCUT2D eigenvalue weighted by Gasteiger charge is 2.38. The van der Waals surface area contributed by atoms with Gasteiger partial charge in [-0.15, -0.1) is 0 Å². The number of anilines is 2. The SMILES string of the molecule is CN(C)c1ccc(C(c2ccc(N(C)C)cc2)C2N=C(c3ccccc3)OC2=O)cc1. The summed E-state index contributed by atoms with van der Waals surface area (Å²) in [5.41, 5.74) is 5.08. The van der Waals surface area contributed by atoms with Crippen LogP contribution in [0.2, 0.25) is 0 Å². The zero-order valence-electron chi connectivity index (χ0n) is 18.3. The van der Waals surface area contributed by atoms with Crippen LogP contribution in [0.1, 0.15) is 22.6 Å². The van der Waals surface area contributed by atoms with Crippen molar-refractivity contribution in [1.29, 1.82) is 0 Å². The van der Waals surface area contributed by atoms with Crippen LogP contribution in [0.15, 0.2) is 83.9 Å². The molecule has 0 aromatic heterocycles. The molecule has 5 heteroatoms. The normalized spacial score (nSPS) is 15.6. The van der Waals surface area contributed by atoms with E-state index in [0.29, 0.717) is 5.90 Å². The van der Waals surface area contributed by atoms with E-state index in [1.54, 1.807) is 0 Å². The highest BCUT2D eigenvalue weighted by molar-refractivity contribution is 6.06. The van der Waals surface area contributed by atoms with Gasteiger partial charge in [0.1, 0.15) is 0 Å². The summed E-state index contributed by atoms with van der Waals surface area (Å²) < 4.78 is 5.60. The molecule has 0 spiro atoms. The molecule has 158 valence electrons. The van der Waals surface area contributed by atoms with Crippen molar-refractivity contribution in [3.63, 3.8) is 0 Å². The second kappa shape index (κ2) is 8.64. The third-order valence-electron chi connectivity index (χ3n) is 5.57. The van der Waals surface area contributed by atoms with Gasteiger partial charge in [0.15, 0.2) is 6.04 Å². The number of carbonyl (C=O) groups is 1. The van der Waals surface area contributed by atoms with Crippen LogP contribution in [-0.2, 0) is 9.53 Å². The molecule has 1 aliphatic rings. The fourth-order valence-electron chi connectivity index (χ4n) is 3.80. The first-order valence-electron chi connectivity index (χ1n) is 10.3. The van der Waals surface area contributed by atoms with Gasteiger partial charge in [-0.05, 0) is 47.5 Å². The van der Waals surface area contributed by atoms with E-state index in [4.69, 9.17) is 9.73 Å². The molecule has 0 fully saturated rings. The van der Waals surface area contributed by atoms with Crippen molar-refractivity contribution in [2.45, 2.75) is 12.0 Å². The molecule has 31 heavy (non-hydrogen) atoms. The molecule has 0 saturated carbocycles. The van der Waals surface area contributed by atoms with E-state index in [2.05, 4.69) is 58.3 Å². The summed E-state index contributed by atoms with van der Waals surface area (Å²) in [4.78, 5) is 21.8. The molecule has 3 aromatic rings. The van der Waals surface area contributed by atoms with Crippen molar-refractivity contribution in [2.75, 3.05) is 38.0 Å². The Hall–Kier alpha value is -3.60. The first kappa shape index (κ1) is 20.7. The fraction of sp³-hybridized carbons (Fsp3) is 0.231. The molecule has 0 amide bonds. The summed E-state index contributed by atoms with van der Waals surface area (Å²) >= 11 is 0. The molecule has 4 rings (SSSR count). The maximum atomic E-state index is 12.9. The van der Waals surface area contributed by atoms with Crippen LogP contribution in [0.4, 0.5) is 11.4 Å². The molecule has 1 heterocycles. The molecular weight excluding hydrogens is 386 g/mol. The monoisotopic (exact) mass is 413 g/mol. The maximum absolute atomic E-state index is 12.9. The van der Waals surface area contributed by atoms with Gasteiger partial charge in [0.25, 0.3) is 0 Å². The minimum Gasteiger partial charge on any atom is -0.406 e. The number of esters is 1. The van der Waals surface area contributed by atoms with Gasteiger partial charge in [-0.2, -0.15) is 0 Å². The Balaban J connectivity index is 1.76. The molecular formula is C26H27N3O2. The number of benzene rings is 3. The minimum absolute atomic E-state index is 0.235. The molecule has 0 aliphatic carbocycles. The van der Waals surface area contributed by atoms with Crippen LogP contribution in [0.25, 0.3) is 0 Å². The highest BCUT2D eigenvalue weighted by atomic mass is 16.6. The average Bonchev–Trinajstić information content (AvgIpc) is 3.16. The van der Waals surface area contributed by atoms with Gasteiger partial charge in [0.2, 0.25) is 5.90 Å². The summed E-state index contributed by atoms with van der Waals surface area (Å²) in [5.74, 6) is -0.172. The lowest BCUT2D eigenvalue weighted by atomic mass is 9.85. The summed E-state index contributed by atoms with van der Waals surface area (Å²) in [6.45, 7) is 0. The highest BCUT2D eigenvalue weighted by Crippen LogP contribution is 2.35. The quantitative estimate of drug-likeness (QED) is 0.565. The van der Waals surface area contributed by atoms with Gasteiger partial charge < -0.3 is 14.5 Å². The molecule has 5 nitrogen and oxygen atoms in total. The van der Waals surface area contributed by atoms with Crippen LogP contribution in [0.3, 0.4) is 0 Å². The van der Waals surface area contributed by atoms with Crippen LogP contribution < -0.4 is 9.80 Å². The standard InChI is InChI=1S/C26H27N3O2/c1-28(2)21-14-10-18(11-15-21)23(19-12-16-22(17-13-19)29(3)4)24-26(30)31-25(27-24)20-8-6-5-7-9-20/h5-17,23-24H,1-4H3. The van der Waals surface area contributed by atoms with E-state index >= 15 is 0 Å². The van der Waals surface area contributed by atoms with Gasteiger partial charge in [0.05, 0.1) is 0 Å². The van der Waals surface area contributed by atoms with Crippen molar-refractivity contribution < 1.29 is 9.53 Å². The van der Waals surface area contributed by atoms with Crippen molar-refractivity contribution >= 4 is 23.2 Å². The summed E-state index contributed by atoms with van der Waals surface area (Å²) in [6, 6.07) is 25.5. The Labute approximate surface area is 183 Å². The van der Waals surface area contributed by atoms with E-state index < -0.39 is 6.04 Å². The predicted octanol–water partition coefficient (Wildman–Crippen LogP) is 4.32. The number of ether oxygens (including phenoxy) is 1. The number of aliphatic imine (C=N–C) groups is 1. The van der Waals surface area contributed by atoms with Gasteiger partial charge in [0, 0.05) is 51.0 Å². The number of carbonyl (C=O) groups excluding carboxylic acids is 1. The van der Waals surface area contributed by atoms with Crippen molar-refractivity contribution in [3.8, 4) is 0 Å². The van der Waals surface area contributed by atoms with Crippen LogP contribution in [0.5, 0.6) is 0 Å². The molecule has 0 bridgehead atoms. The maximum Gasteiger partial charge on any atom is 0.338 e. The third kappa shape index (κ3) is 4.31. The second-order valence-corrected chi connectivity index (χ2v) is 8.12. The topological polar surface area (TPSA) is 45.1 Å². The third-order valence-corrected chi connectivity index (χ3v) is 5.57. The van der Waals surface area contributed by atoms with Gasteiger partial charge in [-0.3, -0.25) is 0 Å². The smallest absolute Gasteiger partial charge is 0.338 e. The summed E-state index contributed by atoms with van der Waals surface area (Å²) in [5, 5.41) is 0. The predicted molar refractivity (Wildman–Crippen MR) is 126 cm³/mol. The van der Waals surface area contributed by atoms with Crippen LogP contribution in [-0.4, -0.2) is 46.1 Å². The average molecular weight is 414 g/mol. The number of cyclic esters (lactones) is 1. The summed E-state index contributed by atoms with van der Waals surface area (Å²) in [6.07, 6.45) is 0. The molecule has 0 N–H and O–H groups in total. The Morgan fingerprint density at radius 2 is 1.23 bits per heavy atom. The van der Waals surface area contributed by atoms with Crippen LogP contribution in [0, 0.1) is 0 Å². The first-order valence-corrected chi connectivity index (χ1v) is 10.3. The van der Waals surface area contributed by atoms with E-state index in [9.17, 15) is 4.79 Å². The Kier molecular flexibility index (Phi) is 5.76. The Morgan fingerprint density at radius 1 is 0.742 bits per heavy atom. The molecule has 0 radical (unpaired) electrons. The molecule has 1 atom stereocenters. The van der Waals surface area contributed by atoms with E-state index in [1.807, 2.05) is 58.5 Å². The second-order valence-electron chi connectivity index (χ2n) is 8.12. The van der Waals surface area contributed by atoms with Crippen LogP contribution >= 0.6 is 0 Å². The molecule has 3 aromatic carbocycles. The van der Waals surface area contributed by atoms with Gasteiger partial charge >= 0.3 is 5.97 Å². The van der Waals surface area contributed by atoms with Gasteiger partial charge in [-0.1, -0.05) is 42.5 Å². The zero-order chi connectivity index (χ0) is 22.0. The number of hydrogen-bond acceptors (Lipinski definition) is 5.